The molecule has 3 rings (SSSR count). The lowest BCUT2D eigenvalue weighted by molar-refractivity contribution is -0.122. The van der Waals surface area contributed by atoms with Crippen LogP contribution < -0.4 is 5.32 Å². The highest BCUT2D eigenvalue weighted by atomic mass is 32.1. The molecule has 1 fully saturated rings. The monoisotopic (exact) mass is 287 g/mol. The summed E-state index contributed by atoms with van der Waals surface area (Å²) in [5.41, 5.74) is 0.892. The number of hydrogen-bond acceptors (Lipinski definition) is 3. The molecular weight excluding hydrogens is 270 g/mol. The highest BCUT2D eigenvalue weighted by molar-refractivity contribution is 7.12. The third-order valence-corrected chi connectivity index (χ3v) is 4.59. The van der Waals surface area contributed by atoms with Crippen molar-refractivity contribution < 1.29 is 9.90 Å². The van der Waals surface area contributed by atoms with Crippen LogP contribution in [0.15, 0.2) is 42.5 Å². The van der Waals surface area contributed by atoms with Gasteiger partial charge in [-0.15, -0.1) is 11.3 Å². The van der Waals surface area contributed by atoms with Gasteiger partial charge in [0.25, 0.3) is 0 Å². The zero-order valence-corrected chi connectivity index (χ0v) is 11.9. The minimum Gasteiger partial charge on any atom is -0.383 e. The van der Waals surface area contributed by atoms with Crippen molar-refractivity contribution in [3.63, 3.8) is 0 Å². The van der Waals surface area contributed by atoms with Gasteiger partial charge in [0.2, 0.25) is 5.91 Å². The molecule has 0 saturated heterocycles. The molecular formula is C16H17NO2S. The van der Waals surface area contributed by atoms with E-state index in [9.17, 15) is 9.90 Å². The number of hydrogen-bond donors (Lipinski definition) is 2. The molecule has 2 N–H and O–H groups in total. The number of carbonyl (C=O) groups is 1. The molecule has 4 heteroatoms. The maximum Gasteiger partial charge on any atom is 0.223 e. The summed E-state index contributed by atoms with van der Waals surface area (Å²) in [4.78, 5) is 13.6. The first-order chi connectivity index (χ1) is 9.74. The van der Waals surface area contributed by atoms with Gasteiger partial charge < -0.3 is 10.4 Å². The minimum atomic E-state index is -0.589. The second-order valence-electron chi connectivity index (χ2n) is 5.11. The maximum absolute atomic E-state index is 11.6. The van der Waals surface area contributed by atoms with Gasteiger partial charge in [0, 0.05) is 15.7 Å². The van der Waals surface area contributed by atoms with Gasteiger partial charge in [-0.25, -0.2) is 0 Å². The van der Waals surface area contributed by atoms with Crippen LogP contribution in [0.4, 0.5) is 0 Å². The van der Waals surface area contributed by atoms with Gasteiger partial charge in [-0.05, 0) is 30.5 Å². The van der Waals surface area contributed by atoms with Crippen molar-refractivity contribution in [1.82, 2.24) is 5.32 Å². The van der Waals surface area contributed by atoms with Crippen LogP contribution >= 0.6 is 11.3 Å². The van der Waals surface area contributed by atoms with E-state index in [0.717, 1.165) is 28.2 Å². The summed E-state index contributed by atoms with van der Waals surface area (Å²) in [6, 6.07) is 13.5. The van der Waals surface area contributed by atoms with Crippen LogP contribution in [0.1, 0.15) is 34.3 Å². The Kier molecular flexibility index (Phi) is 3.85. The Morgan fingerprint density at radius 3 is 2.70 bits per heavy atom. The Morgan fingerprint density at radius 1 is 1.25 bits per heavy atom. The van der Waals surface area contributed by atoms with E-state index in [1.165, 1.54) is 0 Å². The van der Waals surface area contributed by atoms with Crippen LogP contribution in [0.3, 0.4) is 0 Å². The number of aliphatic hydroxyl groups is 1. The van der Waals surface area contributed by atoms with E-state index >= 15 is 0 Å². The van der Waals surface area contributed by atoms with Crippen LogP contribution in [-0.4, -0.2) is 11.0 Å². The Balaban J connectivity index is 1.62. The van der Waals surface area contributed by atoms with Gasteiger partial charge in [-0.3, -0.25) is 4.79 Å². The fourth-order valence-corrected chi connectivity index (χ4v) is 3.07. The van der Waals surface area contributed by atoms with E-state index in [-0.39, 0.29) is 11.8 Å². The molecule has 0 bridgehead atoms. The summed E-state index contributed by atoms with van der Waals surface area (Å²) in [5.74, 6) is 0.396. The Hall–Kier alpha value is -1.65. The van der Waals surface area contributed by atoms with Crippen molar-refractivity contribution in [1.29, 1.82) is 0 Å². The molecule has 0 radical (unpaired) electrons. The zero-order chi connectivity index (χ0) is 13.9. The Morgan fingerprint density at radius 2 is 2.00 bits per heavy atom. The minimum absolute atomic E-state index is 0.156. The fourth-order valence-electron chi connectivity index (χ4n) is 2.10. The molecule has 1 aromatic heterocycles. The summed E-state index contributed by atoms with van der Waals surface area (Å²) in [7, 11) is 0. The lowest BCUT2D eigenvalue weighted by Gasteiger charge is -2.08. The third-order valence-electron chi connectivity index (χ3n) is 3.45. The average molecular weight is 287 g/mol. The van der Waals surface area contributed by atoms with Crippen molar-refractivity contribution in [3.05, 3.63) is 57.8 Å². The number of thiophene rings is 1. The van der Waals surface area contributed by atoms with Gasteiger partial charge >= 0.3 is 0 Å². The van der Waals surface area contributed by atoms with E-state index in [1.54, 1.807) is 11.3 Å². The van der Waals surface area contributed by atoms with Crippen molar-refractivity contribution >= 4 is 17.2 Å². The highest BCUT2D eigenvalue weighted by Crippen LogP contribution is 2.30. The lowest BCUT2D eigenvalue weighted by Crippen LogP contribution is -2.23. The zero-order valence-electron chi connectivity index (χ0n) is 11.1. The lowest BCUT2D eigenvalue weighted by atomic mass is 10.1. The largest absolute Gasteiger partial charge is 0.383 e. The summed E-state index contributed by atoms with van der Waals surface area (Å²) >= 11 is 1.55. The maximum atomic E-state index is 11.6. The van der Waals surface area contributed by atoms with Crippen molar-refractivity contribution in [2.45, 2.75) is 25.5 Å². The molecule has 2 aromatic rings. The molecule has 1 aliphatic rings. The predicted molar refractivity (Wildman–Crippen MR) is 79.4 cm³/mol. The number of benzene rings is 1. The summed E-state index contributed by atoms with van der Waals surface area (Å²) in [6.45, 7) is 0.557. The number of amides is 1. The standard InChI is InChI=1S/C16H17NO2S/c18-15(11-4-2-1-3-5-11)14-9-8-13(20-14)10-17-16(19)12-6-7-12/h1-5,8-9,12,15,18H,6-7,10H2,(H,17,19)/t15-/m1/s1. The van der Waals surface area contributed by atoms with Crippen molar-refractivity contribution in [3.8, 4) is 0 Å². The van der Waals surface area contributed by atoms with Crippen LogP contribution in [0.25, 0.3) is 0 Å². The topological polar surface area (TPSA) is 49.3 Å². The van der Waals surface area contributed by atoms with Gasteiger partial charge in [0.15, 0.2) is 0 Å². The first kappa shape index (κ1) is 13.3. The van der Waals surface area contributed by atoms with E-state index in [2.05, 4.69) is 5.32 Å². The van der Waals surface area contributed by atoms with E-state index < -0.39 is 6.10 Å². The van der Waals surface area contributed by atoms with E-state index in [1.807, 2.05) is 42.5 Å². The average Bonchev–Trinajstić information content (AvgIpc) is 3.24. The fraction of sp³-hybridized carbons (Fsp3) is 0.312. The second kappa shape index (κ2) is 5.77. The summed E-state index contributed by atoms with van der Waals surface area (Å²) in [6.07, 6.45) is 1.46. The normalized spacial score (nSPS) is 15.8. The highest BCUT2D eigenvalue weighted by Gasteiger charge is 2.29. The molecule has 1 aromatic carbocycles. The molecule has 0 unspecified atom stereocenters. The Bertz CT molecular complexity index is 590. The molecule has 1 atom stereocenters. The second-order valence-corrected chi connectivity index (χ2v) is 6.31. The number of aliphatic hydroxyl groups excluding tert-OH is 1. The number of rotatable bonds is 5. The van der Waals surface area contributed by atoms with Crippen LogP contribution in [-0.2, 0) is 11.3 Å². The first-order valence-electron chi connectivity index (χ1n) is 6.83. The van der Waals surface area contributed by atoms with Gasteiger partial charge in [0.1, 0.15) is 6.10 Å². The molecule has 104 valence electrons. The third kappa shape index (κ3) is 3.08. The summed E-state index contributed by atoms with van der Waals surface area (Å²) < 4.78 is 0. The van der Waals surface area contributed by atoms with Crippen LogP contribution in [0.5, 0.6) is 0 Å². The number of nitrogens with one attached hydrogen (secondary N) is 1. The quantitative estimate of drug-likeness (QED) is 0.888. The predicted octanol–water partition coefficient (Wildman–Crippen LogP) is 2.86. The first-order valence-corrected chi connectivity index (χ1v) is 7.65. The Labute approximate surface area is 122 Å². The van der Waals surface area contributed by atoms with E-state index in [0.29, 0.717) is 6.54 Å². The molecule has 0 spiro atoms. The molecule has 3 nitrogen and oxygen atoms in total. The van der Waals surface area contributed by atoms with Gasteiger partial charge in [-0.2, -0.15) is 0 Å². The SMILES string of the molecule is O=C(NCc1ccc([C@H](O)c2ccccc2)s1)C1CC1. The van der Waals surface area contributed by atoms with Crippen molar-refractivity contribution in [2.75, 3.05) is 0 Å². The molecule has 1 saturated carbocycles. The number of carbonyl (C=O) groups excluding carboxylic acids is 1. The smallest absolute Gasteiger partial charge is 0.223 e. The molecule has 0 aliphatic heterocycles. The summed E-state index contributed by atoms with van der Waals surface area (Å²) in [5, 5.41) is 13.2. The van der Waals surface area contributed by atoms with E-state index in [4.69, 9.17) is 0 Å². The van der Waals surface area contributed by atoms with Gasteiger partial charge in [0.05, 0.1) is 6.54 Å². The molecule has 20 heavy (non-hydrogen) atoms. The molecule has 1 amide bonds. The van der Waals surface area contributed by atoms with Crippen LogP contribution in [0, 0.1) is 5.92 Å². The van der Waals surface area contributed by atoms with Crippen LogP contribution in [0.2, 0.25) is 0 Å². The molecule has 1 heterocycles. The van der Waals surface area contributed by atoms with Gasteiger partial charge in [-0.1, -0.05) is 30.3 Å². The molecule has 1 aliphatic carbocycles. The van der Waals surface area contributed by atoms with Crippen molar-refractivity contribution in [2.24, 2.45) is 5.92 Å².